The van der Waals surface area contributed by atoms with Crippen LogP contribution in [0.1, 0.15) is 18.9 Å². The predicted octanol–water partition coefficient (Wildman–Crippen LogP) is 5.83. The van der Waals surface area contributed by atoms with Gasteiger partial charge in [0.15, 0.2) is 0 Å². The predicted molar refractivity (Wildman–Crippen MR) is 123 cm³/mol. The summed E-state index contributed by atoms with van der Waals surface area (Å²) in [6.45, 7) is 4.26. The topological polar surface area (TPSA) is 24.8 Å². The van der Waals surface area contributed by atoms with Gasteiger partial charge in [-0.25, -0.2) is 0 Å². The summed E-state index contributed by atoms with van der Waals surface area (Å²) in [5.41, 5.74) is 3.58. The van der Waals surface area contributed by atoms with Gasteiger partial charge < -0.3 is 4.74 Å². The molecule has 30 heavy (non-hydrogen) atoms. The highest BCUT2D eigenvalue weighted by molar-refractivity contribution is 6.30. The lowest BCUT2D eigenvalue weighted by Gasteiger charge is -2.44. The van der Waals surface area contributed by atoms with Crippen molar-refractivity contribution in [2.24, 2.45) is 10.9 Å². The van der Waals surface area contributed by atoms with Crippen LogP contribution in [-0.4, -0.2) is 29.2 Å². The molecule has 5 rings (SSSR count). The van der Waals surface area contributed by atoms with E-state index in [4.69, 9.17) is 21.3 Å². The van der Waals surface area contributed by atoms with Gasteiger partial charge in [0.1, 0.15) is 11.5 Å². The first-order chi connectivity index (χ1) is 14.6. The number of allylic oxidation sites excluding steroid dienone is 1. The minimum atomic E-state index is -0.172. The third kappa shape index (κ3) is 3.42. The van der Waals surface area contributed by atoms with E-state index in [9.17, 15) is 0 Å². The first-order valence-corrected chi connectivity index (χ1v) is 10.9. The number of hydrogen-bond acceptors (Lipinski definition) is 3. The Morgan fingerprint density at radius 2 is 1.93 bits per heavy atom. The van der Waals surface area contributed by atoms with Gasteiger partial charge in [-0.2, -0.15) is 0 Å². The summed E-state index contributed by atoms with van der Waals surface area (Å²) in [4.78, 5) is 7.45. The molecule has 0 N–H and O–H groups in total. The van der Waals surface area contributed by atoms with Crippen molar-refractivity contribution in [3.05, 3.63) is 101 Å². The molecule has 0 saturated carbocycles. The fraction of sp³-hybridized carbons (Fsp3) is 0.269. The zero-order chi connectivity index (χ0) is 20.6. The Kier molecular flexibility index (Phi) is 5.10. The summed E-state index contributed by atoms with van der Waals surface area (Å²) >= 11 is 6.05. The molecule has 1 spiro atoms. The van der Waals surface area contributed by atoms with Crippen LogP contribution in [0.15, 0.2) is 95.3 Å². The molecule has 4 heteroatoms. The van der Waals surface area contributed by atoms with Gasteiger partial charge in [0.2, 0.25) is 0 Å². The van der Waals surface area contributed by atoms with Crippen molar-refractivity contribution in [3.63, 3.8) is 0 Å². The van der Waals surface area contributed by atoms with Crippen molar-refractivity contribution < 1.29 is 4.74 Å². The second-order valence-electron chi connectivity index (χ2n) is 8.21. The molecular weight excluding hydrogens is 392 g/mol. The number of rotatable bonds is 5. The van der Waals surface area contributed by atoms with Crippen molar-refractivity contribution >= 4 is 17.3 Å². The fourth-order valence-electron chi connectivity index (χ4n) is 4.94. The number of para-hydroxylation sites is 1. The zero-order valence-electron chi connectivity index (χ0n) is 17.1. The lowest BCUT2D eigenvalue weighted by Crippen LogP contribution is -2.55. The third-order valence-corrected chi connectivity index (χ3v) is 6.70. The van der Waals surface area contributed by atoms with E-state index >= 15 is 0 Å². The molecule has 0 bridgehead atoms. The molecule has 2 heterocycles. The molecule has 0 aromatic heterocycles. The van der Waals surface area contributed by atoms with E-state index in [0.29, 0.717) is 5.92 Å². The second kappa shape index (κ2) is 7.90. The van der Waals surface area contributed by atoms with Crippen LogP contribution in [0, 0.1) is 5.92 Å². The van der Waals surface area contributed by atoms with E-state index in [0.717, 1.165) is 48.2 Å². The summed E-state index contributed by atoms with van der Waals surface area (Å²) in [7, 11) is 0. The largest absolute Gasteiger partial charge is 0.457 e. The number of likely N-dealkylation sites (tertiary alicyclic amines) is 1. The highest BCUT2D eigenvalue weighted by atomic mass is 35.5. The number of aliphatic imine (C=N–C) groups is 1. The monoisotopic (exact) mass is 416 g/mol. The lowest BCUT2D eigenvalue weighted by atomic mass is 9.73. The SMILES string of the molecule is CC1=CN=C2C=C(Oc3ccccc3)C=CC23C1CCN3CCc1ccc(Cl)cc1. The Balaban J connectivity index is 1.40. The van der Waals surface area contributed by atoms with E-state index < -0.39 is 0 Å². The van der Waals surface area contributed by atoms with Gasteiger partial charge in [-0.15, -0.1) is 0 Å². The number of ether oxygens (including phenoxy) is 1. The van der Waals surface area contributed by atoms with E-state index in [1.807, 2.05) is 48.7 Å². The van der Waals surface area contributed by atoms with E-state index in [-0.39, 0.29) is 5.54 Å². The zero-order valence-corrected chi connectivity index (χ0v) is 17.8. The van der Waals surface area contributed by atoms with Crippen LogP contribution >= 0.6 is 11.6 Å². The summed E-state index contributed by atoms with van der Waals surface area (Å²) in [6.07, 6.45) is 10.7. The second-order valence-corrected chi connectivity index (χ2v) is 8.65. The molecule has 1 saturated heterocycles. The summed E-state index contributed by atoms with van der Waals surface area (Å²) in [5, 5.41) is 0.785. The molecule has 2 aromatic rings. The maximum atomic E-state index is 6.09. The van der Waals surface area contributed by atoms with Crippen molar-refractivity contribution in [2.75, 3.05) is 13.1 Å². The van der Waals surface area contributed by atoms with Crippen molar-refractivity contribution in [3.8, 4) is 5.75 Å². The van der Waals surface area contributed by atoms with Gasteiger partial charge in [-0.3, -0.25) is 9.89 Å². The van der Waals surface area contributed by atoms with Crippen molar-refractivity contribution in [2.45, 2.75) is 25.3 Å². The van der Waals surface area contributed by atoms with Crippen LogP contribution < -0.4 is 4.74 Å². The highest BCUT2D eigenvalue weighted by Crippen LogP contribution is 2.46. The van der Waals surface area contributed by atoms with Crippen molar-refractivity contribution in [1.29, 1.82) is 0 Å². The Bertz CT molecular complexity index is 1050. The molecule has 3 nitrogen and oxygen atoms in total. The van der Waals surface area contributed by atoms with Gasteiger partial charge in [-0.05, 0) is 61.2 Å². The minimum absolute atomic E-state index is 0.172. The number of hydrogen-bond donors (Lipinski definition) is 0. The molecule has 1 fully saturated rings. The average molecular weight is 417 g/mol. The first kappa shape index (κ1) is 19.3. The van der Waals surface area contributed by atoms with Gasteiger partial charge in [-0.1, -0.05) is 48.0 Å². The molecule has 152 valence electrons. The quantitative estimate of drug-likeness (QED) is 0.612. The number of nitrogens with zero attached hydrogens (tertiary/aromatic N) is 2. The van der Waals surface area contributed by atoms with Crippen LogP contribution in [-0.2, 0) is 6.42 Å². The number of halogens is 1. The number of benzene rings is 2. The Morgan fingerprint density at radius 3 is 2.73 bits per heavy atom. The maximum absolute atomic E-state index is 6.09. The fourth-order valence-corrected chi connectivity index (χ4v) is 5.07. The van der Waals surface area contributed by atoms with Gasteiger partial charge in [0, 0.05) is 36.3 Å². The Hall–Kier alpha value is -2.62. The Labute approximate surface area is 183 Å². The van der Waals surface area contributed by atoms with Crippen LogP contribution in [0.2, 0.25) is 5.02 Å². The smallest absolute Gasteiger partial charge is 0.129 e. The Morgan fingerprint density at radius 1 is 1.13 bits per heavy atom. The van der Waals surface area contributed by atoms with Crippen LogP contribution in [0.3, 0.4) is 0 Å². The molecule has 0 amide bonds. The molecular formula is C26H25ClN2O. The maximum Gasteiger partial charge on any atom is 0.129 e. The molecule has 0 radical (unpaired) electrons. The van der Waals surface area contributed by atoms with Gasteiger partial charge in [0.25, 0.3) is 0 Å². The molecule has 1 aliphatic carbocycles. The normalized spacial score (nSPS) is 25.1. The standard InChI is InChI=1S/C26H25ClN2O/c1-19-18-28-25-17-23(30-22-5-3-2-4-6-22)11-14-26(25)24(19)13-16-29(26)15-12-20-7-9-21(27)10-8-20/h2-11,14,17-18,24H,12-13,15-16H2,1H3. The molecule has 3 aliphatic rings. The third-order valence-electron chi connectivity index (χ3n) is 6.45. The van der Waals surface area contributed by atoms with Crippen LogP contribution in [0.4, 0.5) is 0 Å². The van der Waals surface area contributed by atoms with E-state index in [1.54, 1.807) is 0 Å². The molecule has 2 atom stereocenters. The molecule has 2 aliphatic heterocycles. The highest BCUT2D eigenvalue weighted by Gasteiger charge is 2.52. The lowest BCUT2D eigenvalue weighted by molar-refractivity contribution is 0.225. The van der Waals surface area contributed by atoms with Gasteiger partial charge >= 0.3 is 0 Å². The molecule has 2 unspecified atom stereocenters. The minimum Gasteiger partial charge on any atom is -0.457 e. The average Bonchev–Trinajstić information content (AvgIpc) is 3.14. The first-order valence-electron chi connectivity index (χ1n) is 10.5. The van der Waals surface area contributed by atoms with Gasteiger partial charge in [0.05, 0.1) is 11.3 Å². The summed E-state index contributed by atoms with van der Waals surface area (Å²) in [5.74, 6) is 2.14. The van der Waals surface area contributed by atoms with Crippen LogP contribution in [0.25, 0.3) is 0 Å². The van der Waals surface area contributed by atoms with Crippen molar-refractivity contribution in [1.82, 2.24) is 4.90 Å². The summed E-state index contributed by atoms with van der Waals surface area (Å²) < 4.78 is 6.09. The van der Waals surface area contributed by atoms with E-state index in [2.05, 4.69) is 42.2 Å². The molecule has 2 aromatic carbocycles. The van der Waals surface area contributed by atoms with E-state index in [1.165, 1.54) is 11.1 Å². The summed E-state index contributed by atoms with van der Waals surface area (Å²) in [6, 6.07) is 18.1. The van der Waals surface area contributed by atoms with Crippen LogP contribution in [0.5, 0.6) is 5.75 Å².